The monoisotopic (exact) mass is 397 g/mol. The molecule has 2 aromatic carbocycles. The van der Waals surface area contributed by atoms with Crippen molar-refractivity contribution in [2.24, 2.45) is 0 Å². The highest BCUT2D eigenvalue weighted by Gasteiger charge is 2.17. The summed E-state index contributed by atoms with van der Waals surface area (Å²) >= 11 is 0. The average Bonchev–Trinajstić information content (AvgIpc) is 3.16. The van der Waals surface area contributed by atoms with Crippen LogP contribution in [-0.2, 0) is 4.79 Å². The molecule has 1 heterocycles. The van der Waals surface area contributed by atoms with Gasteiger partial charge in [-0.25, -0.2) is 4.63 Å². The third kappa shape index (κ3) is 5.25. The van der Waals surface area contributed by atoms with Crippen molar-refractivity contribution in [3.63, 3.8) is 0 Å². The second-order valence-electron chi connectivity index (χ2n) is 6.14. The van der Waals surface area contributed by atoms with E-state index in [1.165, 1.54) is 0 Å². The number of carbonyl (C=O) groups is 1. The van der Waals surface area contributed by atoms with Crippen molar-refractivity contribution >= 4 is 11.7 Å². The van der Waals surface area contributed by atoms with E-state index in [-0.39, 0.29) is 18.3 Å². The predicted molar refractivity (Wildman–Crippen MR) is 107 cm³/mol. The molecule has 0 fully saturated rings. The number of carbonyl (C=O) groups excluding carboxylic acids is 1. The van der Waals surface area contributed by atoms with E-state index in [0.29, 0.717) is 41.7 Å². The van der Waals surface area contributed by atoms with Crippen LogP contribution in [0.5, 0.6) is 17.2 Å². The number of anilines is 1. The molecular weight excluding hydrogens is 374 g/mol. The molecule has 0 aliphatic heterocycles. The minimum absolute atomic E-state index is 0.163. The Morgan fingerprint density at radius 1 is 1.00 bits per heavy atom. The molecule has 0 atom stereocenters. The molecule has 1 amide bonds. The fraction of sp³-hybridized carbons (Fsp3) is 0.286. The van der Waals surface area contributed by atoms with Gasteiger partial charge in [-0.2, -0.15) is 0 Å². The molecular formula is C21H23N3O5. The van der Waals surface area contributed by atoms with Gasteiger partial charge in [-0.3, -0.25) is 4.79 Å². The van der Waals surface area contributed by atoms with Crippen LogP contribution in [0.4, 0.5) is 5.82 Å². The first kappa shape index (κ1) is 20.2. The van der Waals surface area contributed by atoms with Crippen molar-refractivity contribution in [1.82, 2.24) is 10.3 Å². The molecule has 29 heavy (non-hydrogen) atoms. The van der Waals surface area contributed by atoms with Crippen LogP contribution in [-0.4, -0.2) is 36.0 Å². The third-order valence-corrected chi connectivity index (χ3v) is 3.92. The Kier molecular flexibility index (Phi) is 6.67. The van der Waals surface area contributed by atoms with Crippen molar-refractivity contribution < 1.29 is 23.6 Å². The summed E-state index contributed by atoms with van der Waals surface area (Å²) in [5, 5.41) is 10.4. The number of amides is 1. The highest BCUT2D eigenvalue weighted by Crippen LogP contribution is 2.34. The Morgan fingerprint density at radius 2 is 1.79 bits per heavy atom. The molecule has 3 rings (SSSR count). The summed E-state index contributed by atoms with van der Waals surface area (Å²) in [6.07, 6.45) is 0. The summed E-state index contributed by atoms with van der Waals surface area (Å²) < 4.78 is 21.5. The van der Waals surface area contributed by atoms with Crippen LogP contribution in [0.25, 0.3) is 11.3 Å². The van der Waals surface area contributed by atoms with Gasteiger partial charge < -0.3 is 19.5 Å². The molecule has 0 spiro atoms. The van der Waals surface area contributed by atoms with Crippen LogP contribution in [0.15, 0.2) is 47.1 Å². The van der Waals surface area contributed by atoms with E-state index in [2.05, 4.69) is 15.6 Å². The lowest BCUT2D eigenvalue weighted by Gasteiger charge is -2.12. The number of aromatic nitrogens is 2. The minimum Gasteiger partial charge on any atom is -0.490 e. The van der Waals surface area contributed by atoms with Gasteiger partial charge in [0.15, 0.2) is 23.8 Å². The number of aryl methyl sites for hydroxylation is 1. The molecule has 0 unspecified atom stereocenters. The van der Waals surface area contributed by atoms with Crippen LogP contribution in [0.3, 0.4) is 0 Å². The zero-order valence-electron chi connectivity index (χ0n) is 16.6. The lowest BCUT2D eigenvalue weighted by molar-refractivity contribution is -0.118. The molecule has 8 heteroatoms. The van der Waals surface area contributed by atoms with Gasteiger partial charge in [-0.05, 0) is 67.0 Å². The largest absolute Gasteiger partial charge is 0.490 e. The first-order chi connectivity index (χ1) is 14.1. The molecule has 8 nitrogen and oxygen atoms in total. The number of hydrogen-bond donors (Lipinski definition) is 1. The Labute approximate surface area is 168 Å². The maximum absolute atomic E-state index is 12.3. The van der Waals surface area contributed by atoms with Crippen molar-refractivity contribution in [1.29, 1.82) is 0 Å². The lowest BCUT2D eigenvalue weighted by Crippen LogP contribution is -2.20. The maximum atomic E-state index is 12.3. The molecule has 0 saturated heterocycles. The number of hydrogen-bond acceptors (Lipinski definition) is 7. The van der Waals surface area contributed by atoms with E-state index in [1.807, 2.05) is 39.0 Å². The number of nitrogens with one attached hydrogen (secondary N) is 1. The first-order valence-corrected chi connectivity index (χ1v) is 9.32. The molecule has 1 N–H and O–H groups in total. The van der Waals surface area contributed by atoms with Gasteiger partial charge in [-0.15, -0.1) is 0 Å². The molecule has 0 radical (unpaired) electrons. The molecule has 1 aromatic heterocycles. The van der Waals surface area contributed by atoms with Crippen molar-refractivity contribution in [2.75, 3.05) is 25.1 Å². The number of benzene rings is 2. The van der Waals surface area contributed by atoms with Crippen molar-refractivity contribution in [3.8, 4) is 28.5 Å². The quantitative estimate of drug-likeness (QED) is 0.586. The summed E-state index contributed by atoms with van der Waals surface area (Å²) in [6.45, 7) is 6.59. The van der Waals surface area contributed by atoms with Crippen LogP contribution >= 0.6 is 0 Å². The fourth-order valence-electron chi connectivity index (χ4n) is 2.68. The van der Waals surface area contributed by atoms with Gasteiger partial charge >= 0.3 is 0 Å². The van der Waals surface area contributed by atoms with Crippen LogP contribution in [0.2, 0.25) is 0 Å². The zero-order chi connectivity index (χ0) is 20.6. The highest BCUT2D eigenvalue weighted by atomic mass is 16.6. The Morgan fingerprint density at radius 3 is 2.55 bits per heavy atom. The average molecular weight is 397 g/mol. The van der Waals surface area contributed by atoms with Crippen LogP contribution in [0, 0.1) is 6.92 Å². The van der Waals surface area contributed by atoms with E-state index >= 15 is 0 Å². The summed E-state index contributed by atoms with van der Waals surface area (Å²) in [5.41, 5.74) is 2.11. The third-order valence-electron chi connectivity index (χ3n) is 3.92. The summed E-state index contributed by atoms with van der Waals surface area (Å²) in [6, 6.07) is 12.8. The number of rotatable bonds is 9. The predicted octanol–water partition coefficient (Wildman–Crippen LogP) is 3.86. The van der Waals surface area contributed by atoms with Crippen molar-refractivity contribution in [2.45, 2.75) is 20.8 Å². The zero-order valence-corrected chi connectivity index (χ0v) is 16.6. The van der Waals surface area contributed by atoms with Crippen LogP contribution < -0.4 is 19.5 Å². The van der Waals surface area contributed by atoms with E-state index in [4.69, 9.17) is 18.8 Å². The second kappa shape index (κ2) is 9.59. The van der Waals surface area contributed by atoms with Gasteiger partial charge in [0.05, 0.1) is 13.2 Å². The standard InChI is InChI=1S/C21H23N3O5/c1-4-26-17-10-9-15(12-18(17)27-5-2)20-21(24-29-23-20)22-19(25)13-28-16-8-6-7-14(3)11-16/h6-12H,4-5,13H2,1-3H3,(H,22,24,25). The normalized spacial score (nSPS) is 10.4. The molecule has 0 bridgehead atoms. The Balaban J connectivity index is 1.71. The summed E-state index contributed by atoms with van der Waals surface area (Å²) in [7, 11) is 0. The first-order valence-electron chi connectivity index (χ1n) is 9.32. The van der Waals surface area contributed by atoms with Gasteiger partial charge in [0, 0.05) is 5.56 Å². The molecule has 3 aromatic rings. The Bertz CT molecular complexity index is 970. The topological polar surface area (TPSA) is 95.7 Å². The molecule has 0 aliphatic carbocycles. The Hall–Kier alpha value is -3.55. The van der Waals surface area contributed by atoms with E-state index in [1.54, 1.807) is 24.3 Å². The number of ether oxygens (including phenoxy) is 3. The van der Waals surface area contributed by atoms with E-state index in [9.17, 15) is 4.79 Å². The second-order valence-corrected chi connectivity index (χ2v) is 6.14. The summed E-state index contributed by atoms with van der Waals surface area (Å²) in [5.74, 6) is 1.65. The molecule has 0 aliphatic rings. The fourth-order valence-corrected chi connectivity index (χ4v) is 2.68. The van der Waals surface area contributed by atoms with Gasteiger partial charge in [0.25, 0.3) is 5.91 Å². The number of nitrogens with zero attached hydrogens (tertiary/aromatic N) is 2. The van der Waals surface area contributed by atoms with Gasteiger partial charge in [0.1, 0.15) is 5.75 Å². The van der Waals surface area contributed by atoms with Gasteiger partial charge in [0.2, 0.25) is 5.82 Å². The van der Waals surface area contributed by atoms with Crippen LogP contribution in [0.1, 0.15) is 19.4 Å². The molecule has 0 saturated carbocycles. The summed E-state index contributed by atoms with van der Waals surface area (Å²) in [4.78, 5) is 12.3. The van der Waals surface area contributed by atoms with E-state index < -0.39 is 0 Å². The highest BCUT2D eigenvalue weighted by molar-refractivity contribution is 5.94. The minimum atomic E-state index is -0.376. The lowest BCUT2D eigenvalue weighted by atomic mass is 10.1. The van der Waals surface area contributed by atoms with Gasteiger partial charge in [-0.1, -0.05) is 12.1 Å². The maximum Gasteiger partial charge on any atom is 0.263 e. The SMILES string of the molecule is CCOc1ccc(-c2nonc2NC(=O)COc2cccc(C)c2)cc1OCC. The molecule has 152 valence electrons. The van der Waals surface area contributed by atoms with Crippen molar-refractivity contribution in [3.05, 3.63) is 48.0 Å². The van der Waals surface area contributed by atoms with E-state index in [0.717, 1.165) is 5.56 Å². The smallest absolute Gasteiger partial charge is 0.263 e.